The molecule has 0 aromatic carbocycles. The fourth-order valence-corrected chi connectivity index (χ4v) is 2.09. The lowest BCUT2D eigenvalue weighted by Gasteiger charge is -2.34. The third-order valence-corrected chi connectivity index (χ3v) is 3.28. The van der Waals surface area contributed by atoms with Crippen molar-refractivity contribution in [3.63, 3.8) is 0 Å². The van der Waals surface area contributed by atoms with Crippen LogP contribution in [0, 0.1) is 6.92 Å². The molecule has 0 N–H and O–H groups in total. The van der Waals surface area contributed by atoms with Crippen molar-refractivity contribution < 1.29 is 14.3 Å². The highest BCUT2D eigenvalue weighted by Gasteiger charge is 2.40. The Morgan fingerprint density at radius 2 is 2.12 bits per heavy atom. The summed E-state index contributed by atoms with van der Waals surface area (Å²) in [7, 11) is 1.59. The Morgan fingerprint density at radius 3 is 2.65 bits per heavy atom. The van der Waals surface area contributed by atoms with Crippen LogP contribution in [-0.4, -0.2) is 36.7 Å². The average Bonchev–Trinajstić information content (AvgIpc) is 2.39. The summed E-state index contributed by atoms with van der Waals surface area (Å²) in [5.74, 6) is 0.0100. The number of ether oxygens (including phenoxy) is 2. The summed E-state index contributed by atoms with van der Waals surface area (Å²) < 4.78 is 10.8. The molecule has 17 heavy (non-hydrogen) atoms. The van der Waals surface area contributed by atoms with E-state index in [0.717, 1.165) is 5.69 Å². The second kappa shape index (κ2) is 4.94. The van der Waals surface area contributed by atoms with E-state index < -0.39 is 5.60 Å². The maximum Gasteiger partial charge on any atom is 0.196 e. The van der Waals surface area contributed by atoms with Gasteiger partial charge in [-0.25, -0.2) is 0 Å². The van der Waals surface area contributed by atoms with E-state index in [1.807, 2.05) is 13.0 Å². The van der Waals surface area contributed by atoms with Crippen molar-refractivity contribution in [3.8, 4) is 0 Å². The predicted molar refractivity (Wildman–Crippen MR) is 63.1 cm³/mol. The van der Waals surface area contributed by atoms with Gasteiger partial charge in [-0.05, 0) is 19.1 Å². The van der Waals surface area contributed by atoms with Crippen LogP contribution in [-0.2, 0) is 9.47 Å². The van der Waals surface area contributed by atoms with Crippen molar-refractivity contribution >= 4 is 5.78 Å². The van der Waals surface area contributed by atoms with E-state index in [0.29, 0.717) is 31.6 Å². The summed E-state index contributed by atoms with van der Waals surface area (Å²) in [4.78, 5) is 16.6. The molecule has 4 heteroatoms. The van der Waals surface area contributed by atoms with E-state index in [-0.39, 0.29) is 5.78 Å². The Labute approximate surface area is 101 Å². The molecule has 0 atom stereocenters. The highest BCUT2D eigenvalue weighted by Crippen LogP contribution is 2.28. The molecule has 92 valence electrons. The molecule has 1 fully saturated rings. The summed E-state index contributed by atoms with van der Waals surface area (Å²) in [6.45, 7) is 3.03. The van der Waals surface area contributed by atoms with Crippen LogP contribution in [0.4, 0.5) is 0 Å². The molecule has 0 amide bonds. The fourth-order valence-electron chi connectivity index (χ4n) is 2.09. The first-order chi connectivity index (χ1) is 8.18. The average molecular weight is 235 g/mol. The van der Waals surface area contributed by atoms with Crippen LogP contribution >= 0.6 is 0 Å². The van der Waals surface area contributed by atoms with Gasteiger partial charge in [0.15, 0.2) is 5.78 Å². The van der Waals surface area contributed by atoms with Crippen LogP contribution in [0.25, 0.3) is 0 Å². The van der Waals surface area contributed by atoms with Crippen LogP contribution < -0.4 is 0 Å². The molecule has 0 radical (unpaired) electrons. The van der Waals surface area contributed by atoms with Crippen molar-refractivity contribution in [2.24, 2.45) is 0 Å². The van der Waals surface area contributed by atoms with Crippen molar-refractivity contribution in [1.29, 1.82) is 0 Å². The van der Waals surface area contributed by atoms with E-state index in [9.17, 15) is 4.79 Å². The Bertz CT molecular complexity index is 394. The number of carbonyl (C=O) groups is 1. The number of Topliss-reactive ketones (excluding diaryl/α,β-unsaturated/α-hetero) is 1. The third kappa shape index (κ3) is 2.37. The largest absolute Gasteiger partial charge is 0.381 e. The molecule has 0 bridgehead atoms. The highest BCUT2D eigenvalue weighted by atomic mass is 16.5. The number of rotatable bonds is 3. The second-order valence-corrected chi connectivity index (χ2v) is 4.33. The van der Waals surface area contributed by atoms with Crippen molar-refractivity contribution in [3.05, 3.63) is 29.6 Å². The zero-order chi connectivity index (χ0) is 12.3. The monoisotopic (exact) mass is 235 g/mol. The van der Waals surface area contributed by atoms with Gasteiger partial charge in [-0.1, -0.05) is 0 Å². The van der Waals surface area contributed by atoms with Crippen LogP contribution in [0.2, 0.25) is 0 Å². The molecular formula is C13H17NO3. The molecule has 1 aromatic rings. The lowest BCUT2D eigenvalue weighted by Crippen LogP contribution is -2.45. The Morgan fingerprint density at radius 1 is 1.41 bits per heavy atom. The van der Waals surface area contributed by atoms with E-state index in [1.54, 1.807) is 19.4 Å². The number of nitrogens with zero attached hydrogens (tertiary/aromatic N) is 1. The molecule has 0 saturated carbocycles. The van der Waals surface area contributed by atoms with Gasteiger partial charge in [0, 0.05) is 50.6 Å². The summed E-state index contributed by atoms with van der Waals surface area (Å²) in [5, 5.41) is 0. The summed E-state index contributed by atoms with van der Waals surface area (Å²) >= 11 is 0. The summed E-state index contributed by atoms with van der Waals surface area (Å²) in [5.41, 5.74) is 0.786. The van der Waals surface area contributed by atoms with Gasteiger partial charge in [0.2, 0.25) is 0 Å². The molecule has 1 aliphatic rings. The molecule has 4 nitrogen and oxygen atoms in total. The first-order valence-electron chi connectivity index (χ1n) is 5.78. The van der Waals surface area contributed by atoms with Gasteiger partial charge in [-0.2, -0.15) is 0 Å². The number of hydrogen-bond acceptors (Lipinski definition) is 4. The van der Waals surface area contributed by atoms with E-state index in [2.05, 4.69) is 4.98 Å². The Hall–Kier alpha value is -1.26. The number of carbonyl (C=O) groups excluding carboxylic acids is 1. The smallest absolute Gasteiger partial charge is 0.196 e. The molecule has 0 unspecified atom stereocenters. The number of pyridine rings is 1. The molecular weight excluding hydrogens is 218 g/mol. The lowest BCUT2D eigenvalue weighted by atomic mass is 9.86. The highest BCUT2D eigenvalue weighted by molar-refractivity contribution is 6.02. The molecule has 0 aliphatic carbocycles. The third-order valence-electron chi connectivity index (χ3n) is 3.28. The fraction of sp³-hybridized carbons (Fsp3) is 0.538. The molecule has 1 aromatic heterocycles. The Kier molecular flexibility index (Phi) is 3.54. The van der Waals surface area contributed by atoms with E-state index in [4.69, 9.17) is 9.47 Å². The summed E-state index contributed by atoms with van der Waals surface area (Å²) in [6.07, 6.45) is 2.83. The van der Waals surface area contributed by atoms with Gasteiger partial charge in [0.25, 0.3) is 0 Å². The van der Waals surface area contributed by atoms with Crippen LogP contribution in [0.15, 0.2) is 18.3 Å². The summed E-state index contributed by atoms with van der Waals surface area (Å²) in [6, 6.07) is 3.65. The Balaban J connectivity index is 2.25. The standard InChI is InChI=1S/C13H17NO3/c1-10-3-4-11(9-14-10)12(15)13(16-2)5-7-17-8-6-13/h3-4,9H,5-8H2,1-2H3. The molecule has 0 spiro atoms. The maximum absolute atomic E-state index is 12.4. The van der Waals surface area contributed by atoms with Gasteiger partial charge in [0.1, 0.15) is 5.60 Å². The van der Waals surface area contributed by atoms with Crippen molar-refractivity contribution in [1.82, 2.24) is 4.98 Å². The predicted octanol–water partition coefficient (Wildman–Crippen LogP) is 1.77. The molecule has 2 heterocycles. The van der Waals surface area contributed by atoms with Crippen LogP contribution in [0.5, 0.6) is 0 Å². The topological polar surface area (TPSA) is 48.4 Å². The minimum absolute atomic E-state index is 0.0100. The number of hydrogen-bond donors (Lipinski definition) is 0. The normalized spacial score (nSPS) is 18.9. The van der Waals surface area contributed by atoms with E-state index in [1.165, 1.54) is 0 Å². The zero-order valence-corrected chi connectivity index (χ0v) is 10.2. The minimum Gasteiger partial charge on any atom is -0.381 e. The van der Waals surface area contributed by atoms with Gasteiger partial charge in [0.05, 0.1) is 0 Å². The molecule has 2 rings (SSSR count). The van der Waals surface area contributed by atoms with Crippen LogP contribution in [0.1, 0.15) is 28.9 Å². The first kappa shape index (κ1) is 12.2. The van der Waals surface area contributed by atoms with E-state index >= 15 is 0 Å². The minimum atomic E-state index is -0.727. The lowest BCUT2D eigenvalue weighted by molar-refractivity contribution is -0.0663. The molecule has 1 saturated heterocycles. The number of aryl methyl sites for hydroxylation is 1. The first-order valence-corrected chi connectivity index (χ1v) is 5.78. The second-order valence-electron chi connectivity index (χ2n) is 4.33. The van der Waals surface area contributed by atoms with Crippen molar-refractivity contribution in [2.75, 3.05) is 20.3 Å². The quantitative estimate of drug-likeness (QED) is 0.749. The molecule has 1 aliphatic heterocycles. The van der Waals surface area contributed by atoms with Crippen molar-refractivity contribution in [2.45, 2.75) is 25.4 Å². The SMILES string of the molecule is COC1(C(=O)c2ccc(C)nc2)CCOCC1. The van der Waals surface area contributed by atoms with Gasteiger partial charge >= 0.3 is 0 Å². The number of aromatic nitrogens is 1. The number of methoxy groups -OCH3 is 1. The van der Waals surface area contributed by atoms with Gasteiger partial charge in [-0.3, -0.25) is 9.78 Å². The maximum atomic E-state index is 12.4. The van der Waals surface area contributed by atoms with Gasteiger partial charge < -0.3 is 9.47 Å². The van der Waals surface area contributed by atoms with Gasteiger partial charge in [-0.15, -0.1) is 0 Å². The number of ketones is 1. The zero-order valence-electron chi connectivity index (χ0n) is 10.2. The van der Waals surface area contributed by atoms with Crippen LogP contribution in [0.3, 0.4) is 0 Å².